The van der Waals surface area contributed by atoms with E-state index in [9.17, 15) is 0 Å². The Bertz CT molecular complexity index is 1340. The van der Waals surface area contributed by atoms with Gasteiger partial charge in [0.05, 0.1) is 23.3 Å². The second kappa shape index (κ2) is 6.13. The first-order valence-electron chi connectivity index (χ1n) is 11.3. The third kappa shape index (κ3) is 2.62. The number of piperidine rings is 1. The number of aryl methyl sites for hydroxylation is 2. The number of aromatic nitrogens is 5. The normalized spacial score (nSPS) is 26.0. The minimum Gasteiger partial charge on any atom is -0.304 e. The first kappa shape index (κ1) is 17.8. The van der Waals surface area contributed by atoms with E-state index in [1.54, 1.807) is 10.6 Å². The molecule has 2 aliphatic carbocycles. The SMILES string of the molecule is Cc1cn2nc(-c3cc(F)c4nc(C5[C@H]6CN(C7CCC7)C[C@@H]56)cn4c3)cc(C)c2n1. The van der Waals surface area contributed by atoms with E-state index in [2.05, 4.69) is 15.0 Å². The van der Waals surface area contributed by atoms with Crippen molar-refractivity contribution in [2.24, 2.45) is 11.8 Å². The predicted octanol–water partition coefficient (Wildman–Crippen LogP) is 4.00. The van der Waals surface area contributed by atoms with Gasteiger partial charge in [0.2, 0.25) is 0 Å². The van der Waals surface area contributed by atoms with Gasteiger partial charge in [-0.1, -0.05) is 6.42 Å². The lowest BCUT2D eigenvalue weighted by molar-refractivity contribution is 0.140. The lowest BCUT2D eigenvalue weighted by atomic mass is 9.91. The van der Waals surface area contributed by atoms with E-state index in [-0.39, 0.29) is 5.82 Å². The molecule has 1 saturated heterocycles. The number of fused-ring (bicyclic) bond motifs is 3. The van der Waals surface area contributed by atoms with Gasteiger partial charge in [-0.05, 0) is 56.2 Å². The van der Waals surface area contributed by atoms with E-state index in [1.807, 2.05) is 42.9 Å². The van der Waals surface area contributed by atoms with Gasteiger partial charge in [0.1, 0.15) is 0 Å². The van der Waals surface area contributed by atoms with Crippen molar-refractivity contribution in [3.8, 4) is 11.3 Å². The number of hydrogen-bond donors (Lipinski definition) is 0. The first-order chi connectivity index (χ1) is 15.0. The Morgan fingerprint density at radius 3 is 2.52 bits per heavy atom. The summed E-state index contributed by atoms with van der Waals surface area (Å²) in [6.45, 7) is 6.34. The van der Waals surface area contributed by atoms with Gasteiger partial charge in [-0.3, -0.25) is 4.90 Å². The van der Waals surface area contributed by atoms with Gasteiger partial charge in [0, 0.05) is 43.0 Å². The van der Waals surface area contributed by atoms with Gasteiger partial charge >= 0.3 is 0 Å². The molecule has 7 rings (SSSR count). The third-order valence-corrected chi connectivity index (χ3v) is 7.71. The molecule has 3 aliphatic rings. The smallest absolute Gasteiger partial charge is 0.173 e. The zero-order chi connectivity index (χ0) is 20.9. The number of imidazole rings is 2. The molecule has 31 heavy (non-hydrogen) atoms. The lowest BCUT2D eigenvalue weighted by Gasteiger charge is -2.36. The lowest BCUT2D eigenvalue weighted by Crippen LogP contribution is -2.40. The Hall–Kier alpha value is -2.80. The Morgan fingerprint density at radius 1 is 0.968 bits per heavy atom. The van der Waals surface area contributed by atoms with Crippen LogP contribution in [0.4, 0.5) is 4.39 Å². The minimum absolute atomic E-state index is 0.299. The van der Waals surface area contributed by atoms with E-state index in [4.69, 9.17) is 4.98 Å². The zero-order valence-electron chi connectivity index (χ0n) is 17.8. The van der Waals surface area contributed by atoms with Crippen LogP contribution >= 0.6 is 0 Å². The van der Waals surface area contributed by atoms with Crippen LogP contribution in [0.2, 0.25) is 0 Å². The van der Waals surface area contributed by atoms with Crippen LogP contribution < -0.4 is 0 Å². The van der Waals surface area contributed by atoms with Crippen molar-refractivity contribution < 1.29 is 4.39 Å². The fraction of sp³-hybridized carbons (Fsp3) is 0.458. The predicted molar refractivity (Wildman–Crippen MR) is 116 cm³/mol. The van der Waals surface area contributed by atoms with Gasteiger partial charge in [0.25, 0.3) is 0 Å². The fourth-order valence-electron chi connectivity index (χ4n) is 5.81. The molecule has 3 atom stereocenters. The van der Waals surface area contributed by atoms with Gasteiger partial charge in [-0.25, -0.2) is 18.9 Å². The highest BCUT2D eigenvalue weighted by Crippen LogP contribution is 2.58. The van der Waals surface area contributed by atoms with Crippen LogP contribution in [0.25, 0.3) is 22.6 Å². The van der Waals surface area contributed by atoms with Crippen molar-refractivity contribution in [1.82, 2.24) is 28.9 Å². The highest BCUT2D eigenvalue weighted by Gasteiger charge is 2.58. The highest BCUT2D eigenvalue weighted by molar-refractivity contribution is 5.64. The standard InChI is InChI=1S/C24H25FN6/c1-13-6-20(28-31-8-14(2)26-23(13)31)15-7-19(25)24-27-21(12-30(24)9-15)22-17-10-29(11-18(17)22)16-4-3-5-16/h6-9,12,16-18,22H,3-5,10-11H2,1-2H3/t17-,18+,22?. The largest absolute Gasteiger partial charge is 0.304 e. The molecule has 3 fully saturated rings. The molecule has 0 spiro atoms. The van der Waals surface area contributed by atoms with Crippen molar-refractivity contribution in [2.75, 3.05) is 13.1 Å². The summed E-state index contributed by atoms with van der Waals surface area (Å²) in [6, 6.07) is 4.35. The van der Waals surface area contributed by atoms with Crippen LogP contribution in [-0.4, -0.2) is 48.0 Å². The van der Waals surface area contributed by atoms with Gasteiger partial charge < -0.3 is 4.40 Å². The molecule has 0 amide bonds. The summed E-state index contributed by atoms with van der Waals surface area (Å²) in [7, 11) is 0. The van der Waals surface area contributed by atoms with Crippen LogP contribution in [0.3, 0.4) is 0 Å². The summed E-state index contributed by atoms with van der Waals surface area (Å²) in [5.41, 5.74) is 5.71. The molecule has 6 nitrogen and oxygen atoms in total. The second-order valence-electron chi connectivity index (χ2n) is 9.73. The van der Waals surface area contributed by atoms with E-state index >= 15 is 4.39 Å². The topological polar surface area (TPSA) is 50.7 Å². The van der Waals surface area contributed by atoms with Crippen LogP contribution in [0.5, 0.6) is 0 Å². The molecule has 0 aromatic carbocycles. The molecule has 1 aliphatic heterocycles. The van der Waals surface area contributed by atoms with Crippen molar-refractivity contribution in [1.29, 1.82) is 0 Å². The van der Waals surface area contributed by atoms with Crippen LogP contribution in [0.1, 0.15) is 42.1 Å². The number of halogens is 1. The maximum atomic E-state index is 15.0. The summed E-state index contributed by atoms with van der Waals surface area (Å²) in [5, 5.41) is 4.66. The molecule has 2 saturated carbocycles. The quantitative estimate of drug-likeness (QED) is 0.507. The fourth-order valence-corrected chi connectivity index (χ4v) is 5.81. The Kier molecular flexibility index (Phi) is 3.53. The third-order valence-electron chi connectivity index (χ3n) is 7.71. The highest BCUT2D eigenvalue weighted by atomic mass is 19.1. The molecule has 0 bridgehead atoms. The Morgan fingerprint density at radius 2 is 1.77 bits per heavy atom. The van der Waals surface area contributed by atoms with Crippen molar-refractivity contribution in [2.45, 2.75) is 45.1 Å². The number of pyridine rings is 1. The molecular weight excluding hydrogens is 391 g/mol. The van der Waals surface area contributed by atoms with E-state index in [0.29, 0.717) is 23.4 Å². The molecule has 0 radical (unpaired) electrons. The van der Waals surface area contributed by atoms with Gasteiger partial charge in [-0.2, -0.15) is 5.10 Å². The average Bonchev–Trinajstić information content (AvgIpc) is 3.09. The van der Waals surface area contributed by atoms with Crippen molar-refractivity contribution >= 4 is 11.3 Å². The maximum absolute atomic E-state index is 15.0. The zero-order valence-corrected chi connectivity index (χ0v) is 17.8. The number of likely N-dealkylation sites (tertiary alicyclic amines) is 1. The van der Waals surface area contributed by atoms with Gasteiger partial charge in [-0.15, -0.1) is 0 Å². The Labute approximate surface area is 179 Å². The van der Waals surface area contributed by atoms with Gasteiger partial charge in [0.15, 0.2) is 17.1 Å². The number of nitrogens with zero attached hydrogens (tertiary/aromatic N) is 6. The monoisotopic (exact) mass is 416 g/mol. The van der Waals surface area contributed by atoms with E-state index < -0.39 is 0 Å². The first-order valence-corrected chi connectivity index (χ1v) is 11.3. The summed E-state index contributed by atoms with van der Waals surface area (Å²) >= 11 is 0. The van der Waals surface area contributed by atoms with E-state index in [0.717, 1.165) is 39.9 Å². The molecule has 4 aromatic rings. The summed E-state index contributed by atoms with van der Waals surface area (Å²) in [5.74, 6) is 1.59. The molecule has 7 heteroatoms. The summed E-state index contributed by atoms with van der Waals surface area (Å²) in [6.07, 6.45) is 10.00. The van der Waals surface area contributed by atoms with Crippen LogP contribution in [0.15, 0.2) is 30.7 Å². The molecule has 0 N–H and O–H groups in total. The average molecular weight is 417 g/mol. The van der Waals surface area contributed by atoms with Crippen LogP contribution in [0, 0.1) is 31.5 Å². The maximum Gasteiger partial charge on any atom is 0.173 e. The molecule has 4 aromatic heterocycles. The number of rotatable bonds is 3. The Balaban J connectivity index is 1.22. The molecular formula is C24H25FN6. The number of hydrogen-bond acceptors (Lipinski definition) is 4. The summed E-state index contributed by atoms with van der Waals surface area (Å²) < 4.78 is 18.6. The molecule has 1 unspecified atom stereocenters. The molecule has 5 heterocycles. The van der Waals surface area contributed by atoms with Crippen LogP contribution in [-0.2, 0) is 0 Å². The second-order valence-corrected chi connectivity index (χ2v) is 9.73. The van der Waals surface area contributed by atoms with Crippen molar-refractivity contribution in [3.05, 3.63) is 53.5 Å². The molecule has 158 valence electrons. The minimum atomic E-state index is -0.299. The summed E-state index contributed by atoms with van der Waals surface area (Å²) in [4.78, 5) is 11.9. The van der Waals surface area contributed by atoms with Crippen molar-refractivity contribution in [3.63, 3.8) is 0 Å². The van der Waals surface area contributed by atoms with E-state index in [1.165, 1.54) is 32.4 Å².